The normalized spacial score (nSPS) is 12.4. The molecule has 0 aromatic heterocycles. The third-order valence-electron chi connectivity index (χ3n) is 17.2. The number of rotatable bonds is 68. The van der Waals surface area contributed by atoms with Crippen LogP contribution in [0.2, 0.25) is 0 Å². The lowest BCUT2D eigenvalue weighted by atomic mass is 10.0. The van der Waals surface area contributed by atoms with Gasteiger partial charge in [-0.1, -0.05) is 380 Å². The largest absolute Gasteiger partial charge is 0.466 e. The third-order valence-corrected chi connectivity index (χ3v) is 17.2. The molecule has 0 aliphatic rings. The predicted octanol–water partition coefficient (Wildman–Crippen LogP) is 23.0. The second kappa shape index (κ2) is 67.4. The molecule has 0 spiro atoms. The molecule has 0 aromatic rings. The Labute approximate surface area is 483 Å². The van der Waals surface area contributed by atoms with Gasteiger partial charge in [0.2, 0.25) is 5.91 Å². The van der Waals surface area contributed by atoms with E-state index in [0.29, 0.717) is 25.9 Å². The van der Waals surface area contributed by atoms with Gasteiger partial charge in [0.15, 0.2) is 0 Å². The molecule has 460 valence electrons. The molecule has 6 heteroatoms. The summed E-state index contributed by atoms with van der Waals surface area (Å²) >= 11 is 0. The number of unbranched alkanes of at least 4 members (excludes halogenated alkanes) is 57. The maximum atomic E-state index is 12.5. The molecule has 0 radical (unpaired) electrons. The third kappa shape index (κ3) is 63.9. The van der Waals surface area contributed by atoms with Gasteiger partial charge in [-0.25, -0.2) is 0 Å². The SMILES string of the molecule is CCCCCCCCCCCCCCCCCCCCCC(=O)OCCCCCCCCCCCCCCCCCCCCCCCCCC(=O)NC(CO)C(O)CCCCCCCCCCCCCCCCCCCC. The van der Waals surface area contributed by atoms with Gasteiger partial charge in [0, 0.05) is 12.8 Å². The van der Waals surface area contributed by atoms with Gasteiger partial charge in [0.1, 0.15) is 0 Å². The fourth-order valence-corrected chi connectivity index (χ4v) is 11.7. The topological polar surface area (TPSA) is 95.9 Å². The Kier molecular flexibility index (Phi) is 66.4. The Morgan fingerprint density at radius 2 is 0.532 bits per heavy atom. The average Bonchev–Trinajstić information content (AvgIpc) is 3.43. The number of hydrogen-bond acceptors (Lipinski definition) is 5. The van der Waals surface area contributed by atoms with E-state index in [1.807, 2.05) is 0 Å². The molecule has 6 nitrogen and oxygen atoms in total. The van der Waals surface area contributed by atoms with E-state index in [2.05, 4.69) is 19.2 Å². The molecule has 3 N–H and O–H groups in total. The number of amides is 1. The molecule has 0 aliphatic carbocycles. The Hall–Kier alpha value is -1.14. The van der Waals surface area contributed by atoms with E-state index < -0.39 is 12.1 Å². The van der Waals surface area contributed by atoms with E-state index in [1.165, 1.54) is 347 Å². The van der Waals surface area contributed by atoms with Crippen LogP contribution in [0.15, 0.2) is 0 Å². The number of carbonyl (C=O) groups is 2. The zero-order valence-electron chi connectivity index (χ0n) is 52.7. The van der Waals surface area contributed by atoms with Crippen molar-refractivity contribution in [3.63, 3.8) is 0 Å². The first-order valence-corrected chi connectivity index (χ1v) is 35.8. The highest BCUT2D eigenvalue weighted by atomic mass is 16.5. The zero-order valence-corrected chi connectivity index (χ0v) is 52.7. The highest BCUT2D eigenvalue weighted by Crippen LogP contribution is 2.20. The van der Waals surface area contributed by atoms with Crippen LogP contribution >= 0.6 is 0 Å². The van der Waals surface area contributed by atoms with Gasteiger partial charge < -0.3 is 20.3 Å². The summed E-state index contributed by atoms with van der Waals surface area (Å²) in [5.41, 5.74) is 0. The van der Waals surface area contributed by atoms with Gasteiger partial charge in [-0.05, 0) is 25.7 Å². The standard InChI is InChI=1S/C71H141NO5/c1-3-5-7-9-11-13-15-17-19-21-28-33-37-41-45-49-53-57-61-65-71(76)77-66-62-58-54-50-46-42-38-34-30-27-25-23-24-26-29-32-36-40-44-48-52-56-60-64-70(75)72-68(67-73)69(74)63-59-55-51-47-43-39-35-31-22-20-18-16-14-12-10-8-6-4-2/h68-69,73-74H,3-67H2,1-2H3,(H,72,75). The molecule has 0 aliphatic heterocycles. The quantitative estimate of drug-likeness (QED) is 0.0417. The fraction of sp³-hybridized carbons (Fsp3) is 0.972. The van der Waals surface area contributed by atoms with E-state index in [1.54, 1.807) is 0 Å². The van der Waals surface area contributed by atoms with Crippen LogP contribution in [0.25, 0.3) is 0 Å². The van der Waals surface area contributed by atoms with Crippen LogP contribution in [0.4, 0.5) is 0 Å². The maximum absolute atomic E-state index is 12.5. The van der Waals surface area contributed by atoms with E-state index in [0.717, 1.165) is 38.5 Å². The first-order chi connectivity index (χ1) is 38.0. The summed E-state index contributed by atoms with van der Waals surface area (Å²) in [7, 11) is 0. The Morgan fingerprint density at radius 3 is 0.792 bits per heavy atom. The molecule has 0 heterocycles. The minimum atomic E-state index is -0.663. The minimum absolute atomic E-state index is 0.0208. The van der Waals surface area contributed by atoms with Gasteiger partial charge in [0.25, 0.3) is 0 Å². The fourth-order valence-electron chi connectivity index (χ4n) is 11.7. The monoisotopic (exact) mass is 1090 g/mol. The van der Waals surface area contributed by atoms with Crippen LogP contribution in [-0.2, 0) is 14.3 Å². The summed E-state index contributed by atoms with van der Waals surface area (Å²) < 4.78 is 5.51. The van der Waals surface area contributed by atoms with Crippen LogP contribution in [-0.4, -0.2) is 47.4 Å². The Balaban J connectivity index is 3.34. The van der Waals surface area contributed by atoms with Crippen LogP contribution in [0.3, 0.4) is 0 Å². The number of aliphatic hydroxyl groups excluding tert-OH is 2. The lowest BCUT2D eigenvalue weighted by molar-refractivity contribution is -0.143. The van der Waals surface area contributed by atoms with Crippen LogP contribution in [0.5, 0.6) is 0 Å². The molecule has 0 saturated heterocycles. The summed E-state index contributed by atoms with van der Waals surface area (Å²) in [5, 5.41) is 23.4. The van der Waals surface area contributed by atoms with E-state index >= 15 is 0 Å². The smallest absolute Gasteiger partial charge is 0.305 e. The van der Waals surface area contributed by atoms with Crippen LogP contribution in [0, 0.1) is 0 Å². The van der Waals surface area contributed by atoms with Crippen molar-refractivity contribution in [2.75, 3.05) is 13.2 Å². The zero-order chi connectivity index (χ0) is 55.7. The summed E-state index contributed by atoms with van der Waals surface area (Å²) in [4.78, 5) is 24.7. The molecule has 77 heavy (non-hydrogen) atoms. The van der Waals surface area contributed by atoms with Crippen molar-refractivity contribution >= 4 is 11.9 Å². The summed E-state index contributed by atoms with van der Waals surface area (Å²) in [5.74, 6) is -0.00878. The predicted molar refractivity (Wildman–Crippen MR) is 338 cm³/mol. The molecular weight excluding hydrogens is 947 g/mol. The van der Waals surface area contributed by atoms with Gasteiger partial charge in [-0.3, -0.25) is 9.59 Å². The van der Waals surface area contributed by atoms with E-state index in [9.17, 15) is 19.8 Å². The lowest BCUT2D eigenvalue weighted by Gasteiger charge is -2.22. The molecule has 0 aromatic carbocycles. The van der Waals surface area contributed by atoms with Gasteiger partial charge in [-0.2, -0.15) is 0 Å². The first kappa shape index (κ1) is 75.9. The van der Waals surface area contributed by atoms with Crippen LogP contribution < -0.4 is 5.32 Å². The summed E-state index contributed by atoms with van der Waals surface area (Å²) in [6.07, 6.45) is 81.5. The highest BCUT2D eigenvalue weighted by Gasteiger charge is 2.20. The molecule has 1 amide bonds. The summed E-state index contributed by atoms with van der Waals surface area (Å²) in [6, 6.07) is -0.540. The second-order valence-electron chi connectivity index (χ2n) is 24.9. The molecule has 0 saturated carbocycles. The number of hydrogen-bond donors (Lipinski definition) is 3. The molecular formula is C71H141NO5. The van der Waals surface area contributed by atoms with Crippen molar-refractivity contribution < 1.29 is 24.5 Å². The van der Waals surface area contributed by atoms with Crippen molar-refractivity contribution in [3.05, 3.63) is 0 Å². The first-order valence-electron chi connectivity index (χ1n) is 35.8. The minimum Gasteiger partial charge on any atom is -0.466 e. The van der Waals surface area contributed by atoms with Crippen LogP contribution in [0.1, 0.15) is 418 Å². The van der Waals surface area contributed by atoms with Crippen molar-refractivity contribution in [3.8, 4) is 0 Å². The highest BCUT2D eigenvalue weighted by molar-refractivity contribution is 5.76. The van der Waals surface area contributed by atoms with Crippen molar-refractivity contribution in [2.45, 2.75) is 431 Å². The maximum Gasteiger partial charge on any atom is 0.305 e. The average molecular weight is 1090 g/mol. The number of esters is 1. The van der Waals surface area contributed by atoms with Crippen molar-refractivity contribution in [1.82, 2.24) is 5.32 Å². The Morgan fingerprint density at radius 1 is 0.312 bits per heavy atom. The number of ether oxygens (including phenoxy) is 1. The molecule has 2 atom stereocenters. The van der Waals surface area contributed by atoms with Gasteiger partial charge >= 0.3 is 5.97 Å². The van der Waals surface area contributed by atoms with E-state index in [-0.39, 0.29) is 18.5 Å². The number of carbonyl (C=O) groups excluding carboxylic acids is 2. The lowest BCUT2D eigenvalue weighted by Crippen LogP contribution is -2.45. The van der Waals surface area contributed by atoms with E-state index in [4.69, 9.17) is 4.74 Å². The summed E-state index contributed by atoms with van der Waals surface area (Å²) in [6.45, 7) is 5.01. The Bertz CT molecular complexity index is 1120. The number of aliphatic hydroxyl groups is 2. The second-order valence-corrected chi connectivity index (χ2v) is 24.9. The molecule has 0 rings (SSSR count). The van der Waals surface area contributed by atoms with Crippen molar-refractivity contribution in [1.29, 1.82) is 0 Å². The molecule has 0 bridgehead atoms. The van der Waals surface area contributed by atoms with Gasteiger partial charge in [-0.15, -0.1) is 0 Å². The van der Waals surface area contributed by atoms with Gasteiger partial charge in [0.05, 0.1) is 25.4 Å². The number of nitrogens with one attached hydrogen (secondary N) is 1. The molecule has 0 fully saturated rings. The van der Waals surface area contributed by atoms with Crippen molar-refractivity contribution in [2.24, 2.45) is 0 Å². The molecule has 2 unspecified atom stereocenters.